The van der Waals surface area contributed by atoms with Gasteiger partial charge in [0.05, 0.1) is 11.8 Å². The highest BCUT2D eigenvalue weighted by molar-refractivity contribution is 5.85. The number of carbonyl (C=O) groups is 2. The van der Waals surface area contributed by atoms with Crippen molar-refractivity contribution in [3.63, 3.8) is 0 Å². The fraction of sp³-hybridized carbons (Fsp3) is 0.840. The summed E-state index contributed by atoms with van der Waals surface area (Å²) >= 11 is 0. The fourth-order valence-corrected chi connectivity index (χ4v) is 8.70. The lowest BCUT2D eigenvalue weighted by Gasteiger charge is -2.61. The molecule has 1 unspecified atom stereocenters. The first-order chi connectivity index (χ1) is 15.0. The molecule has 8 atom stereocenters. The van der Waals surface area contributed by atoms with Gasteiger partial charge in [0, 0.05) is 5.92 Å². The molecular weight excluding hydrogens is 406 g/mol. The zero-order valence-corrected chi connectivity index (χ0v) is 19.6. The fourth-order valence-electron chi connectivity index (χ4n) is 8.70. The predicted octanol–water partition coefficient (Wildman–Crippen LogP) is 3.96. The first kappa shape index (κ1) is 22.1. The molecule has 4 saturated carbocycles. The number of fused-ring (bicyclic) bond motifs is 5. The van der Waals surface area contributed by atoms with E-state index in [1.807, 2.05) is 6.92 Å². The third kappa shape index (κ3) is 3.34. The highest BCUT2D eigenvalue weighted by atomic mass is 16.4. The van der Waals surface area contributed by atoms with E-state index in [-0.39, 0.29) is 29.4 Å². The zero-order chi connectivity index (χ0) is 22.9. The van der Waals surface area contributed by atoms with Crippen LogP contribution in [0.15, 0.2) is 6.20 Å². The Kier molecular flexibility index (Phi) is 5.08. The van der Waals surface area contributed by atoms with Crippen LogP contribution in [0.4, 0.5) is 0 Å². The number of rotatable bonds is 4. The Morgan fingerprint density at radius 1 is 1.03 bits per heavy atom. The first-order valence-corrected chi connectivity index (χ1v) is 12.4. The number of ketones is 1. The van der Waals surface area contributed by atoms with E-state index in [1.165, 1.54) is 30.1 Å². The van der Waals surface area contributed by atoms with Gasteiger partial charge in [-0.25, -0.2) is 9.48 Å². The van der Waals surface area contributed by atoms with Gasteiger partial charge in [0.2, 0.25) is 0 Å². The maximum absolute atomic E-state index is 13.3. The molecule has 1 aromatic rings. The number of nitrogens with zero attached hydrogens (tertiary/aromatic N) is 3. The Morgan fingerprint density at radius 3 is 2.50 bits per heavy atom. The maximum atomic E-state index is 13.3. The number of aliphatic hydroxyl groups is 1. The van der Waals surface area contributed by atoms with E-state index >= 15 is 0 Å². The molecule has 1 aromatic heterocycles. The number of carboxylic acid groups (broad SMARTS) is 1. The smallest absolute Gasteiger partial charge is 0.358 e. The topological polar surface area (TPSA) is 105 Å². The second-order valence-electron chi connectivity index (χ2n) is 12.1. The molecule has 0 aromatic carbocycles. The normalized spacial score (nSPS) is 45.6. The molecule has 4 aliphatic rings. The average Bonchev–Trinajstić information content (AvgIpc) is 3.32. The lowest BCUT2D eigenvalue weighted by Crippen LogP contribution is -2.55. The standard InChI is InChI=1S/C25H37N3O4/c1-23(32)10-11-24(2)15(12-23)4-5-16-17-6-7-19(25(17,3)9-8-18(16)24)21(29)14-28-13-20(22(30)31)26-27-28/h13,15-19,32H,4-12,14H2,1-3H3,(H,30,31)/t15-,16+,17+,18+,19-,23-,24?,25+/m1/s1. The van der Waals surface area contributed by atoms with Crippen LogP contribution < -0.4 is 0 Å². The largest absolute Gasteiger partial charge is 0.476 e. The number of carboxylic acids is 1. The Labute approximate surface area is 190 Å². The molecule has 5 rings (SSSR count). The van der Waals surface area contributed by atoms with Crippen molar-refractivity contribution < 1.29 is 19.8 Å². The van der Waals surface area contributed by atoms with Crippen molar-refractivity contribution in [2.45, 2.75) is 90.7 Å². The molecule has 1 heterocycles. The van der Waals surface area contributed by atoms with Crippen LogP contribution in [-0.2, 0) is 11.3 Å². The maximum Gasteiger partial charge on any atom is 0.358 e. The van der Waals surface area contributed by atoms with Gasteiger partial charge in [0.1, 0.15) is 6.54 Å². The van der Waals surface area contributed by atoms with Gasteiger partial charge in [0.15, 0.2) is 11.5 Å². The molecule has 2 N–H and O–H groups in total. The van der Waals surface area contributed by atoms with E-state index in [9.17, 15) is 14.7 Å². The Morgan fingerprint density at radius 2 is 1.78 bits per heavy atom. The summed E-state index contributed by atoms with van der Waals surface area (Å²) in [6, 6.07) is 0. The zero-order valence-electron chi connectivity index (χ0n) is 19.6. The summed E-state index contributed by atoms with van der Waals surface area (Å²) in [4.78, 5) is 24.4. The van der Waals surface area contributed by atoms with Crippen molar-refractivity contribution in [3.05, 3.63) is 11.9 Å². The van der Waals surface area contributed by atoms with Crippen molar-refractivity contribution in [2.24, 2.45) is 40.4 Å². The monoisotopic (exact) mass is 443 g/mol. The van der Waals surface area contributed by atoms with Crippen molar-refractivity contribution >= 4 is 11.8 Å². The van der Waals surface area contributed by atoms with Crippen LogP contribution in [-0.4, -0.2) is 42.6 Å². The molecule has 32 heavy (non-hydrogen) atoms. The van der Waals surface area contributed by atoms with Crippen LogP contribution in [0.25, 0.3) is 0 Å². The number of Topliss-reactive ketones (excluding diaryl/α,β-unsaturated/α-hetero) is 1. The second-order valence-corrected chi connectivity index (χ2v) is 12.1. The molecule has 0 saturated heterocycles. The third-order valence-electron chi connectivity index (χ3n) is 10.4. The van der Waals surface area contributed by atoms with Crippen molar-refractivity contribution in [2.75, 3.05) is 0 Å². The number of aromatic nitrogens is 3. The number of aromatic carboxylic acids is 1. The molecule has 7 nitrogen and oxygen atoms in total. The first-order valence-electron chi connectivity index (χ1n) is 12.4. The quantitative estimate of drug-likeness (QED) is 0.730. The van der Waals surface area contributed by atoms with Crippen LogP contribution in [0.5, 0.6) is 0 Å². The van der Waals surface area contributed by atoms with E-state index in [1.54, 1.807) is 0 Å². The van der Waals surface area contributed by atoms with Crippen LogP contribution in [0.3, 0.4) is 0 Å². The molecule has 0 bridgehead atoms. The second kappa shape index (κ2) is 7.37. The van der Waals surface area contributed by atoms with Gasteiger partial charge in [-0.05, 0) is 99.2 Å². The van der Waals surface area contributed by atoms with Gasteiger partial charge in [0.25, 0.3) is 0 Å². The number of hydrogen-bond acceptors (Lipinski definition) is 5. The summed E-state index contributed by atoms with van der Waals surface area (Å²) in [6.07, 6.45) is 11.1. The van der Waals surface area contributed by atoms with E-state index in [0.717, 1.165) is 38.5 Å². The predicted molar refractivity (Wildman–Crippen MR) is 118 cm³/mol. The summed E-state index contributed by atoms with van der Waals surface area (Å²) in [5.41, 5.74) is -0.280. The van der Waals surface area contributed by atoms with Crippen LogP contribution >= 0.6 is 0 Å². The molecule has 0 radical (unpaired) electrons. The molecule has 0 aliphatic heterocycles. The molecule has 0 spiro atoms. The van der Waals surface area contributed by atoms with Gasteiger partial charge in [-0.2, -0.15) is 0 Å². The van der Waals surface area contributed by atoms with E-state index in [4.69, 9.17) is 5.11 Å². The van der Waals surface area contributed by atoms with E-state index in [0.29, 0.717) is 29.1 Å². The van der Waals surface area contributed by atoms with Gasteiger partial charge in [-0.3, -0.25) is 4.79 Å². The Balaban J connectivity index is 1.32. The number of carbonyl (C=O) groups excluding carboxylic acids is 1. The lowest BCUT2D eigenvalue weighted by atomic mass is 9.44. The Bertz CT molecular complexity index is 926. The average molecular weight is 444 g/mol. The molecule has 176 valence electrons. The molecular formula is C25H37N3O4. The Hall–Kier alpha value is -1.76. The SMILES string of the molecule is CC12CC[C@@](C)(O)C[C@H]1CC[C@@H]1[C@@H]2CC[C@]2(C)[C@@H](C(=O)Cn3cc(C(=O)O)nn3)CC[C@@H]12. The number of hydrogen-bond donors (Lipinski definition) is 2. The third-order valence-corrected chi connectivity index (χ3v) is 10.4. The van der Waals surface area contributed by atoms with Gasteiger partial charge in [-0.1, -0.05) is 19.1 Å². The van der Waals surface area contributed by atoms with Crippen molar-refractivity contribution in [3.8, 4) is 0 Å². The van der Waals surface area contributed by atoms with Gasteiger partial charge in [-0.15, -0.1) is 5.10 Å². The van der Waals surface area contributed by atoms with Crippen LogP contribution in [0.1, 0.15) is 89.0 Å². The molecule has 4 fully saturated rings. The minimum atomic E-state index is -1.12. The molecule has 7 heteroatoms. The van der Waals surface area contributed by atoms with E-state index < -0.39 is 11.6 Å². The van der Waals surface area contributed by atoms with E-state index in [2.05, 4.69) is 24.2 Å². The highest BCUT2D eigenvalue weighted by Crippen LogP contribution is 2.68. The molecule has 4 aliphatic carbocycles. The van der Waals surface area contributed by atoms with Gasteiger partial charge >= 0.3 is 5.97 Å². The molecule has 0 amide bonds. The van der Waals surface area contributed by atoms with Crippen LogP contribution in [0, 0.1) is 40.4 Å². The van der Waals surface area contributed by atoms with Gasteiger partial charge < -0.3 is 10.2 Å². The lowest BCUT2D eigenvalue weighted by molar-refractivity contribution is -0.151. The minimum Gasteiger partial charge on any atom is -0.476 e. The summed E-state index contributed by atoms with van der Waals surface area (Å²) in [5.74, 6) is 1.65. The minimum absolute atomic E-state index is 0.0172. The summed E-state index contributed by atoms with van der Waals surface area (Å²) < 4.78 is 1.38. The summed E-state index contributed by atoms with van der Waals surface area (Å²) in [5, 5.41) is 27.2. The summed E-state index contributed by atoms with van der Waals surface area (Å²) in [6.45, 7) is 6.96. The van der Waals surface area contributed by atoms with Crippen molar-refractivity contribution in [1.82, 2.24) is 15.0 Å². The highest BCUT2D eigenvalue weighted by Gasteiger charge is 2.61. The van der Waals surface area contributed by atoms with Crippen LogP contribution in [0.2, 0.25) is 0 Å². The summed E-state index contributed by atoms with van der Waals surface area (Å²) in [7, 11) is 0. The van der Waals surface area contributed by atoms with Crippen molar-refractivity contribution in [1.29, 1.82) is 0 Å².